The van der Waals surface area contributed by atoms with Crippen molar-refractivity contribution in [2.75, 3.05) is 0 Å². The minimum absolute atomic E-state index is 0.0906. The number of furan rings is 1. The van der Waals surface area contributed by atoms with Gasteiger partial charge in [-0.05, 0) is 55.5 Å². The van der Waals surface area contributed by atoms with E-state index in [1.807, 2.05) is 13.0 Å². The van der Waals surface area contributed by atoms with Gasteiger partial charge in [-0.3, -0.25) is 0 Å². The zero-order valence-corrected chi connectivity index (χ0v) is 11.2. The van der Waals surface area contributed by atoms with Crippen LogP contribution in [0.15, 0.2) is 34.9 Å². The van der Waals surface area contributed by atoms with Crippen LogP contribution in [0.2, 0.25) is 0 Å². The maximum Gasteiger partial charge on any atom is 0.124 e. The third-order valence-corrected chi connectivity index (χ3v) is 3.52. The van der Waals surface area contributed by atoms with Crippen molar-refractivity contribution >= 4 is 11.6 Å². The zero-order valence-electron chi connectivity index (χ0n) is 10.5. The normalized spacial score (nSPS) is 12.7. The third-order valence-electron chi connectivity index (χ3n) is 3.17. The maximum atomic E-state index is 6.39. The maximum absolute atomic E-state index is 6.39. The van der Waals surface area contributed by atoms with Gasteiger partial charge >= 0.3 is 0 Å². The number of benzene rings is 1. The summed E-state index contributed by atoms with van der Waals surface area (Å²) in [7, 11) is 0. The summed E-state index contributed by atoms with van der Waals surface area (Å²) in [5, 5.41) is -0.0906. The first-order valence-corrected chi connectivity index (χ1v) is 6.25. The van der Waals surface area contributed by atoms with E-state index >= 15 is 0 Å². The molecule has 17 heavy (non-hydrogen) atoms. The molecule has 2 heteroatoms. The minimum atomic E-state index is -0.0906. The first-order valence-electron chi connectivity index (χ1n) is 5.82. The van der Waals surface area contributed by atoms with Crippen LogP contribution >= 0.6 is 11.6 Å². The van der Waals surface area contributed by atoms with Crippen LogP contribution in [0.25, 0.3) is 0 Å². The Labute approximate surface area is 107 Å². The van der Waals surface area contributed by atoms with Gasteiger partial charge in [0.1, 0.15) is 5.76 Å². The van der Waals surface area contributed by atoms with E-state index in [0.29, 0.717) is 0 Å². The Morgan fingerprint density at radius 2 is 1.82 bits per heavy atom. The second kappa shape index (κ2) is 4.97. The summed E-state index contributed by atoms with van der Waals surface area (Å²) in [6.45, 7) is 6.27. The topological polar surface area (TPSA) is 13.1 Å². The van der Waals surface area contributed by atoms with Crippen molar-refractivity contribution in [3.05, 3.63) is 58.5 Å². The van der Waals surface area contributed by atoms with Crippen molar-refractivity contribution in [2.24, 2.45) is 0 Å². The molecule has 0 saturated heterocycles. The minimum Gasteiger partial charge on any atom is -0.467 e. The number of halogens is 1. The van der Waals surface area contributed by atoms with E-state index in [1.165, 1.54) is 16.7 Å². The molecule has 0 aliphatic rings. The molecule has 1 aromatic heterocycles. The molecule has 2 aromatic rings. The molecule has 0 aliphatic carbocycles. The fraction of sp³-hybridized carbons (Fsp3) is 0.333. The molecule has 1 nitrogen and oxygen atoms in total. The van der Waals surface area contributed by atoms with Gasteiger partial charge in [-0.1, -0.05) is 18.2 Å². The molecule has 0 spiro atoms. The molecule has 2 rings (SSSR count). The summed E-state index contributed by atoms with van der Waals surface area (Å²) in [6, 6.07) is 8.42. The quantitative estimate of drug-likeness (QED) is 0.716. The first kappa shape index (κ1) is 12.3. The van der Waals surface area contributed by atoms with Crippen LogP contribution < -0.4 is 0 Å². The smallest absolute Gasteiger partial charge is 0.124 e. The molecule has 0 radical (unpaired) electrons. The highest BCUT2D eigenvalue weighted by Gasteiger charge is 2.14. The van der Waals surface area contributed by atoms with Gasteiger partial charge in [-0.2, -0.15) is 0 Å². The van der Waals surface area contributed by atoms with Crippen molar-refractivity contribution in [3.63, 3.8) is 0 Å². The monoisotopic (exact) mass is 248 g/mol. The van der Waals surface area contributed by atoms with Gasteiger partial charge in [-0.25, -0.2) is 0 Å². The van der Waals surface area contributed by atoms with Gasteiger partial charge in [0, 0.05) is 0 Å². The molecule has 90 valence electrons. The molecule has 1 heterocycles. The number of rotatable bonds is 3. The SMILES string of the molecule is Cc1ccc(CC(Cl)c2occc2C)cc1C. The number of hydrogen-bond donors (Lipinski definition) is 0. The predicted octanol–water partition coefficient (Wildman–Crippen LogP) is 4.73. The van der Waals surface area contributed by atoms with Crippen molar-refractivity contribution in [3.8, 4) is 0 Å². The number of alkyl halides is 1. The average molecular weight is 249 g/mol. The van der Waals surface area contributed by atoms with E-state index in [2.05, 4.69) is 32.0 Å². The van der Waals surface area contributed by atoms with Crippen molar-refractivity contribution in [1.29, 1.82) is 0 Å². The molecular weight excluding hydrogens is 232 g/mol. The Bertz CT molecular complexity index is 513. The zero-order chi connectivity index (χ0) is 12.4. The van der Waals surface area contributed by atoms with Crippen molar-refractivity contribution in [1.82, 2.24) is 0 Å². The first-order chi connectivity index (χ1) is 8.08. The summed E-state index contributed by atoms with van der Waals surface area (Å²) >= 11 is 6.39. The summed E-state index contributed by atoms with van der Waals surface area (Å²) in [5.74, 6) is 0.880. The van der Waals surface area contributed by atoms with Crippen molar-refractivity contribution in [2.45, 2.75) is 32.6 Å². The van der Waals surface area contributed by atoms with Crippen LogP contribution in [-0.2, 0) is 6.42 Å². The van der Waals surface area contributed by atoms with Crippen LogP contribution in [0.3, 0.4) is 0 Å². The van der Waals surface area contributed by atoms with E-state index in [4.69, 9.17) is 16.0 Å². The van der Waals surface area contributed by atoms with Crippen molar-refractivity contribution < 1.29 is 4.42 Å². The van der Waals surface area contributed by atoms with E-state index in [9.17, 15) is 0 Å². The molecule has 1 aromatic carbocycles. The fourth-order valence-corrected chi connectivity index (χ4v) is 2.34. The van der Waals surface area contributed by atoms with Gasteiger partial charge < -0.3 is 4.42 Å². The lowest BCUT2D eigenvalue weighted by Gasteiger charge is -2.09. The largest absolute Gasteiger partial charge is 0.467 e. The Morgan fingerprint density at radius 1 is 1.06 bits per heavy atom. The molecule has 0 N–H and O–H groups in total. The van der Waals surface area contributed by atoms with Gasteiger partial charge in [0.05, 0.1) is 11.6 Å². The molecule has 0 amide bonds. The second-order valence-electron chi connectivity index (χ2n) is 4.56. The number of hydrogen-bond acceptors (Lipinski definition) is 1. The Balaban J connectivity index is 2.16. The molecule has 1 unspecified atom stereocenters. The average Bonchev–Trinajstić information content (AvgIpc) is 2.70. The van der Waals surface area contributed by atoms with Crippen LogP contribution in [0.5, 0.6) is 0 Å². The van der Waals surface area contributed by atoms with Gasteiger partial charge in [-0.15, -0.1) is 11.6 Å². The molecule has 1 atom stereocenters. The highest BCUT2D eigenvalue weighted by Crippen LogP contribution is 2.28. The summed E-state index contributed by atoms with van der Waals surface area (Å²) < 4.78 is 5.42. The van der Waals surface area contributed by atoms with Crippen LogP contribution in [0.4, 0.5) is 0 Å². The number of aryl methyl sites for hydroxylation is 3. The lowest BCUT2D eigenvalue weighted by molar-refractivity contribution is 0.499. The van der Waals surface area contributed by atoms with Gasteiger partial charge in [0.2, 0.25) is 0 Å². The van der Waals surface area contributed by atoms with E-state index in [0.717, 1.165) is 17.7 Å². The molecule has 0 aliphatic heterocycles. The Kier molecular flexibility index (Phi) is 3.58. The lowest BCUT2D eigenvalue weighted by atomic mass is 10.0. The van der Waals surface area contributed by atoms with Crippen LogP contribution in [0.1, 0.15) is 33.4 Å². The summed E-state index contributed by atoms with van der Waals surface area (Å²) in [4.78, 5) is 0. The molecule has 0 fully saturated rings. The fourth-order valence-electron chi connectivity index (χ4n) is 1.94. The molecule has 0 bridgehead atoms. The van der Waals surface area contributed by atoms with E-state index < -0.39 is 0 Å². The third kappa shape index (κ3) is 2.73. The summed E-state index contributed by atoms with van der Waals surface area (Å²) in [5.41, 5.74) is 4.99. The van der Waals surface area contributed by atoms with Gasteiger partial charge in [0.25, 0.3) is 0 Å². The lowest BCUT2D eigenvalue weighted by Crippen LogP contribution is -1.97. The predicted molar refractivity (Wildman–Crippen MR) is 71.7 cm³/mol. The van der Waals surface area contributed by atoms with Crippen LogP contribution in [0, 0.1) is 20.8 Å². The molecular formula is C15H17ClO. The van der Waals surface area contributed by atoms with E-state index in [-0.39, 0.29) is 5.38 Å². The Morgan fingerprint density at radius 3 is 2.41 bits per heavy atom. The van der Waals surface area contributed by atoms with E-state index in [1.54, 1.807) is 6.26 Å². The second-order valence-corrected chi connectivity index (χ2v) is 5.08. The highest BCUT2D eigenvalue weighted by molar-refractivity contribution is 6.20. The van der Waals surface area contributed by atoms with Crippen LogP contribution in [-0.4, -0.2) is 0 Å². The standard InChI is InChI=1S/C15H17ClO/c1-10-4-5-13(8-12(10)3)9-14(16)15-11(2)6-7-17-15/h4-8,14H,9H2,1-3H3. The van der Waals surface area contributed by atoms with Gasteiger partial charge in [0.15, 0.2) is 0 Å². The summed E-state index contributed by atoms with van der Waals surface area (Å²) in [6.07, 6.45) is 2.50. The Hall–Kier alpha value is -1.21. The highest BCUT2D eigenvalue weighted by atomic mass is 35.5. The molecule has 0 saturated carbocycles.